The molecule has 142 valence electrons. The minimum absolute atomic E-state index is 0.0139. The Morgan fingerprint density at radius 1 is 1.32 bits per heavy atom. The fourth-order valence-electron chi connectivity index (χ4n) is 2.42. The molecule has 1 aliphatic heterocycles. The number of nitrogens with one attached hydrogen (secondary N) is 2. The molecule has 1 aromatic rings. The first kappa shape index (κ1) is 21.4. The molecular formula is C17H28N2O5S. The van der Waals surface area contributed by atoms with Gasteiger partial charge in [0.2, 0.25) is 10.0 Å². The molecular weight excluding hydrogens is 344 g/mol. The van der Waals surface area contributed by atoms with Gasteiger partial charge in [0.05, 0.1) is 5.75 Å². The third-order valence-corrected chi connectivity index (χ3v) is 4.94. The molecule has 1 heterocycles. The highest BCUT2D eigenvalue weighted by molar-refractivity contribution is 7.89. The van der Waals surface area contributed by atoms with Crippen LogP contribution in [0.4, 0.5) is 0 Å². The first-order valence-electron chi connectivity index (χ1n) is 8.47. The lowest BCUT2D eigenvalue weighted by Gasteiger charge is -2.23. The molecule has 0 bridgehead atoms. The summed E-state index contributed by atoms with van der Waals surface area (Å²) in [7, 11) is -3.26. The van der Waals surface area contributed by atoms with Crippen molar-refractivity contribution in [3.05, 3.63) is 30.3 Å². The van der Waals surface area contributed by atoms with E-state index in [0.29, 0.717) is 18.3 Å². The number of ether oxygens (including phenoxy) is 1. The van der Waals surface area contributed by atoms with Gasteiger partial charge in [-0.2, -0.15) is 0 Å². The standard InChI is InChI=1S/C15H24N2O3S.C2H4O2/c18-21(19,13-12-20-15-7-2-1-3-8-15)17-11-9-14-6-4-5-10-16-14;1-2(3)4/h1-3,7-8,14,16-17H,4-6,9-13H2;1H3,(H,3,4). The molecule has 8 heteroatoms. The molecule has 0 aromatic heterocycles. The Morgan fingerprint density at radius 3 is 2.60 bits per heavy atom. The van der Waals surface area contributed by atoms with E-state index in [0.717, 1.165) is 26.3 Å². The van der Waals surface area contributed by atoms with Crippen LogP contribution in [0.5, 0.6) is 5.75 Å². The van der Waals surface area contributed by atoms with Crippen LogP contribution in [0.2, 0.25) is 0 Å². The number of carbonyl (C=O) groups is 1. The predicted octanol–water partition coefficient (Wildman–Crippen LogP) is 1.61. The number of hydrogen-bond donors (Lipinski definition) is 3. The number of carboxylic acids is 1. The van der Waals surface area contributed by atoms with Crippen molar-refractivity contribution in [2.45, 2.75) is 38.6 Å². The number of aliphatic carboxylic acids is 1. The van der Waals surface area contributed by atoms with Gasteiger partial charge in [-0.25, -0.2) is 13.1 Å². The fraction of sp³-hybridized carbons (Fsp3) is 0.588. The summed E-state index contributed by atoms with van der Waals surface area (Å²) in [6, 6.07) is 9.69. The summed E-state index contributed by atoms with van der Waals surface area (Å²) in [5, 5.41) is 10.8. The van der Waals surface area contributed by atoms with Crippen LogP contribution in [-0.4, -0.2) is 51.0 Å². The lowest BCUT2D eigenvalue weighted by atomic mass is 10.0. The summed E-state index contributed by atoms with van der Waals surface area (Å²) in [6.45, 7) is 2.79. The SMILES string of the molecule is CC(=O)O.O=S(=O)(CCOc1ccccc1)NCCC1CCCCN1. The van der Waals surface area contributed by atoms with Crippen molar-refractivity contribution in [3.63, 3.8) is 0 Å². The maximum absolute atomic E-state index is 11.9. The number of para-hydroxylation sites is 1. The van der Waals surface area contributed by atoms with E-state index in [-0.39, 0.29) is 12.4 Å². The summed E-state index contributed by atoms with van der Waals surface area (Å²) < 4.78 is 31.8. The highest BCUT2D eigenvalue weighted by atomic mass is 32.2. The van der Waals surface area contributed by atoms with E-state index in [1.165, 1.54) is 12.8 Å². The third-order valence-electron chi connectivity index (χ3n) is 3.59. The van der Waals surface area contributed by atoms with Gasteiger partial charge in [-0.15, -0.1) is 0 Å². The van der Waals surface area contributed by atoms with Crippen molar-refractivity contribution in [1.82, 2.24) is 10.0 Å². The van der Waals surface area contributed by atoms with E-state index >= 15 is 0 Å². The molecule has 1 fully saturated rings. The molecule has 25 heavy (non-hydrogen) atoms. The molecule has 1 atom stereocenters. The van der Waals surface area contributed by atoms with Crippen LogP contribution in [0.1, 0.15) is 32.6 Å². The number of sulfonamides is 1. The Hall–Kier alpha value is -1.64. The second-order valence-corrected chi connectivity index (χ2v) is 7.76. The lowest BCUT2D eigenvalue weighted by molar-refractivity contribution is -0.134. The van der Waals surface area contributed by atoms with Gasteiger partial charge in [-0.05, 0) is 37.9 Å². The summed E-state index contributed by atoms with van der Waals surface area (Å²) in [5.41, 5.74) is 0. The van der Waals surface area contributed by atoms with Gasteiger partial charge in [0, 0.05) is 19.5 Å². The lowest BCUT2D eigenvalue weighted by Crippen LogP contribution is -2.38. The second-order valence-electron chi connectivity index (χ2n) is 5.83. The van der Waals surface area contributed by atoms with Crippen LogP contribution in [0.3, 0.4) is 0 Å². The van der Waals surface area contributed by atoms with Gasteiger partial charge >= 0.3 is 0 Å². The van der Waals surface area contributed by atoms with Crippen LogP contribution >= 0.6 is 0 Å². The minimum atomic E-state index is -3.26. The van der Waals surface area contributed by atoms with Crippen LogP contribution in [0.15, 0.2) is 30.3 Å². The van der Waals surface area contributed by atoms with Crippen molar-refractivity contribution in [2.75, 3.05) is 25.4 Å². The van der Waals surface area contributed by atoms with Gasteiger partial charge in [0.1, 0.15) is 12.4 Å². The Morgan fingerprint density at radius 2 is 2.00 bits per heavy atom. The van der Waals surface area contributed by atoms with Gasteiger partial charge in [0.15, 0.2) is 0 Å². The average molecular weight is 372 g/mol. The zero-order chi connectivity index (χ0) is 18.5. The van der Waals surface area contributed by atoms with E-state index in [9.17, 15) is 8.42 Å². The zero-order valence-corrected chi connectivity index (χ0v) is 15.4. The second kappa shape index (κ2) is 11.8. The Kier molecular flexibility index (Phi) is 10.1. The summed E-state index contributed by atoms with van der Waals surface area (Å²) in [4.78, 5) is 9.00. The summed E-state index contributed by atoms with van der Waals surface area (Å²) in [6.07, 6.45) is 4.44. The maximum Gasteiger partial charge on any atom is 0.300 e. The molecule has 1 saturated heterocycles. The van der Waals surface area contributed by atoms with Crippen LogP contribution in [-0.2, 0) is 14.8 Å². The maximum atomic E-state index is 11.9. The van der Waals surface area contributed by atoms with E-state index in [1.807, 2.05) is 30.3 Å². The average Bonchev–Trinajstić information content (AvgIpc) is 2.56. The molecule has 0 radical (unpaired) electrons. The molecule has 2 rings (SSSR count). The molecule has 0 saturated carbocycles. The van der Waals surface area contributed by atoms with Crippen molar-refractivity contribution < 1.29 is 23.1 Å². The van der Waals surface area contributed by atoms with Gasteiger partial charge in [-0.1, -0.05) is 24.6 Å². The van der Waals surface area contributed by atoms with E-state index in [2.05, 4.69) is 10.0 Å². The first-order chi connectivity index (χ1) is 11.9. The van der Waals surface area contributed by atoms with E-state index in [4.69, 9.17) is 14.6 Å². The molecule has 1 unspecified atom stereocenters. The van der Waals surface area contributed by atoms with E-state index in [1.54, 1.807) is 0 Å². The number of benzene rings is 1. The van der Waals surface area contributed by atoms with Gasteiger partial charge < -0.3 is 15.2 Å². The summed E-state index contributed by atoms with van der Waals surface area (Å²) >= 11 is 0. The smallest absolute Gasteiger partial charge is 0.300 e. The molecule has 1 aliphatic rings. The predicted molar refractivity (Wildman–Crippen MR) is 97.3 cm³/mol. The van der Waals surface area contributed by atoms with Crippen molar-refractivity contribution in [2.24, 2.45) is 0 Å². The molecule has 0 spiro atoms. The first-order valence-corrected chi connectivity index (χ1v) is 10.1. The van der Waals surface area contributed by atoms with Gasteiger partial charge in [0.25, 0.3) is 5.97 Å². The normalized spacial score (nSPS) is 17.2. The Balaban J connectivity index is 0.000000705. The van der Waals surface area contributed by atoms with Crippen LogP contribution in [0.25, 0.3) is 0 Å². The Labute approximate surface area is 149 Å². The molecule has 7 nitrogen and oxygen atoms in total. The van der Waals surface area contributed by atoms with E-state index < -0.39 is 16.0 Å². The Bertz CT molecular complexity index is 582. The van der Waals surface area contributed by atoms with Crippen molar-refractivity contribution in [1.29, 1.82) is 0 Å². The molecule has 0 aliphatic carbocycles. The van der Waals surface area contributed by atoms with Crippen LogP contribution in [0, 0.1) is 0 Å². The number of hydrogen-bond acceptors (Lipinski definition) is 5. The summed E-state index contributed by atoms with van der Waals surface area (Å²) in [5.74, 6) is -0.154. The molecule has 1 aromatic carbocycles. The highest BCUT2D eigenvalue weighted by Gasteiger charge is 2.14. The van der Waals surface area contributed by atoms with Crippen molar-refractivity contribution >= 4 is 16.0 Å². The monoisotopic (exact) mass is 372 g/mol. The fourth-order valence-corrected chi connectivity index (χ4v) is 3.29. The molecule has 3 N–H and O–H groups in total. The van der Waals surface area contributed by atoms with Crippen LogP contribution < -0.4 is 14.8 Å². The minimum Gasteiger partial charge on any atom is -0.492 e. The van der Waals surface area contributed by atoms with Gasteiger partial charge in [-0.3, -0.25) is 4.79 Å². The quantitative estimate of drug-likeness (QED) is 0.640. The largest absolute Gasteiger partial charge is 0.492 e. The number of carboxylic acid groups (broad SMARTS) is 1. The highest BCUT2D eigenvalue weighted by Crippen LogP contribution is 2.10. The topological polar surface area (TPSA) is 105 Å². The number of piperidine rings is 1. The van der Waals surface area contributed by atoms with Crippen molar-refractivity contribution in [3.8, 4) is 5.75 Å². The third kappa shape index (κ3) is 11.5. The zero-order valence-electron chi connectivity index (χ0n) is 14.6. The molecule has 0 amide bonds. The number of rotatable bonds is 8.